The van der Waals surface area contributed by atoms with Crippen LogP contribution in [0, 0.1) is 0 Å². The molecule has 0 aromatic heterocycles. The van der Waals surface area contributed by atoms with Crippen molar-refractivity contribution in [3.05, 3.63) is 35.4 Å². The van der Waals surface area contributed by atoms with E-state index in [0.29, 0.717) is 18.5 Å². The van der Waals surface area contributed by atoms with Crippen LogP contribution >= 0.6 is 24.2 Å². The fraction of sp³-hybridized carbons (Fsp3) is 0.529. The molecule has 24 heavy (non-hydrogen) atoms. The van der Waals surface area contributed by atoms with Gasteiger partial charge in [0, 0.05) is 56.7 Å². The molecule has 1 unspecified atom stereocenters. The summed E-state index contributed by atoms with van der Waals surface area (Å²) in [7, 11) is 3.49. The third-order valence-electron chi connectivity index (χ3n) is 3.75. The van der Waals surface area contributed by atoms with E-state index in [2.05, 4.69) is 10.6 Å². The van der Waals surface area contributed by atoms with Gasteiger partial charge in [-0.05, 0) is 24.1 Å². The van der Waals surface area contributed by atoms with Gasteiger partial charge in [-0.3, -0.25) is 9.59 Å². The van der Waals surface area contributed by atoms with Gasteiger partial charge in [0.25, 0.3) is 5.91 Å². The van der Waals surface area contributed by atoms with E-state index in [-0.39, 0.29) is 30.3 Å². The Hall–Kier alpha value is -1.24. The smallest absolute Gasteiger partial charge is 0.253 e. The predicted octanol–water partition coefficient (Wildman–Crippen LogP) is 1.56. The molecule has 2 N–H and O–H groups in total. The van der Waals surface area contributed by atoms with Crippen molar-refractivity contribution >= 4 is 36.0 Å². The van der Waals surface area contributed by atoms with E-state index in [1.165, 1.54) is 0 Å². The molecule has 0 bridgehead atoms. The Labute approximate surface area is 154 Å². The van der Waals surface area contributed by atoms with Gasteiger partial charge in [0.2, 0.25) is 5.91 Å². The largest absolute Gasteiger partial charge is 0.356 e. The molecule has 1 aliphatic heterocycles. The van der Waals surface area contributed by atoms with Crippen LogP contribution < -0.4 is 10.6 Å². The molecule has 0 spiro atoms. The van der Waals surface area contributed by atoms with Crippen molar-refractivity contribution in [2.75, 3.05) is 38.7 Å². The summed E-state index contributed by atoms with van der Waals surface area (Å²) in [6, 6.07) is 7.87. The summed E-state index contributed by atoms with van der Waals surface area (Å²) >= 11 is 1.89. The first-order chi connectivity index (χ1) is 11.1. The molecule has 0 radical (unpaired) electrons. The van der Waals surface area contributed by atoms with Crippen molar-refractivity contribution in [1.82, 2.24) is 15.5 Å². The van der Waals surface area contributed by atoms with Crippen LogP contribution in [0.25, 0.3) is 0 Å². The molecular weight excluding hydrogens is 346 g/mol. The fourth-order valence-corrected chi connectivity index (χ4v) is 3.46. The number of amides is 2. The molecular formula is C17H26ClN3O2S. The van der Waals surface area contributed by atoms with Crippen molar-refractivity contribution in [3.63, 3.8) is 0 Å². The van der Waals surface area contributed by atoms with Gasteiger partial charge in [0.05, 0.1) is 0 Å². The number of halogens is 1. The van der Waals surface area contributed by atoms with Gasteiger partial charge in [-0.2, -0.15) is 11.8 Å². The third-order valence-corrected chi connectivity index (χ3v) is 4.88. The van der Waals surface area contributed by atoms with Crippen molar-refractivity contribution in [2.45, 2.75) is 18.9 Å². The number of carbonyl (C=O) groups is 2. The van der Waals surface area contributed by atoms with Crippen molar-refractivity contribution in [2.24, 2.45) is 0 Å². The molecule has 1 saturated heterocycles. The summed E-state index contributed by atoms with van der Waals surface area (Å²) in [6.07, 6.45) is 1.26. The van der Waals surface area contributed by atoms with Crippen LogP contribution in [0.15, 0.2) is 24.3 Å². The Morgan fingerprint density at radius 2 is 2.17 bits per heavy atom. The van der Waals surface area contributed by atoms with Crippen LogP contribution in [0.2, 0.25) is 0 Å². The summed E-state index contributed by atoms with van der Waals surface area (Å²) in [5.41, 5.74) is 1.74. The lowest BCUT2D eigenvalue weighted by molar-refractivity contribution is -0.121. The standard InChI is InChI=1S/C17H25N3O2S.ClH/c1-20(2)17(22)14-5-3-4-13(10-14)6-7-19-16(21)11-15-12-23-9-8-18-15;/h3-5,10,15,18H,6-9,11-12H2,1-2H3,(H,19,21);1H. The van der Waals surface area contributed by atoms with Crippen LogP contribution in [0.5, 0.6) is 0 Å². The summed E-state index contributed by atoms with van der Waals surface area (Å²) < 4.78 is 0. The number of carbonyl (C=O) groups excluding carboxylic acids is 2. The topological polar surface area (TPSA) is 61.4 Å². The average molecular weight is 372 g/mol. The minimum absolute atomic E-state index is 0. The second-order valence-corrected chi connectivity index (χ2v) is 7.08. The molecule has 1 aliphatic rings. The Bertz CT molecular complexity index is 548. The number of hydrogen-bond acceptors (Lipinski definition) is 4. The molecule has 1 fully saturated rings. The van der Waals surface area contributed by atoms with Gasteiger partial charge >= 0.3 is 0 Å². The van der Waals surface area contributed by atoms with Crippen molar-refractivity contribution < 1.29 is 9.59 Å². The zero-order valence-electron chi connectivity index (χ0n) is 14.2. The quantitative estimate of drug-likeness (QED) is 0.796. The van der Waals surface area contributed by atoms with E-state index in [9.17, 15) is 9.59 Å². The Morgan fingerprint density at radius 3 is 2.83 bits per heavy atom. The van der Waals surface area contributed by atoms with E-state index in [4.69, 9.17) is 0 Å². The minimum atomic E-state index is -0.00300. The first-order valence-electron chi connectivity index (χ1n) is 7.94. The maximum atomic E-state index is 11.9. The van der Waals surface area contributed by atoms with Gasteiger partial charge in [-0.15, -0.1) is 12.4 Å². The lowest BCUT2D eigenvalue weighted by Gasteiger charge is -2.22. The predicted molar refractivity (Wildman–Crippen MR) is 102 cm³/mol. The molecule has 1 atom stereocenters. The third kappa shape index (κ3) is 6.71. The minimum Gasteiger partial charge on any atom is -0.356 e. The molecule has 0 aliphatic carbocycles. The highest BCUT2D eigenvalue weighted by atomic mass is 35.5. The Balaban J connectivity index is 0.00000288. The zero-order valence-corrected chi connectivity index (χ0v) is 15.8. The van der Waals surface area contributed by atoms with Crippen LogP contribution in [0.1, 0.15) is 22.3 Å². The molecule has 1 heterocycles. The highest BCUT2D eigenvalue weighted by molar-refractivity contribution is 7.99. The lowest BCUT2D eigenvalue weighted by atomic mass is 10.1. The Morgan fingerprint density at radius 1 is 1.38 bits per heavy atom. The number of nitrogens with one attached hydrogen (secondary N) is 2. The molecule has 0 saturated carbocycles. The highest BCUT2D eigenvalue weighted by Crippen LogP contribution is 2.10. The SMILES string of the molecule is CN(C)C(=O)c1cccc(CCNC(=O)CC2CSCCN2)c1.Cl. The Kier molecular flexibility index (Phi) is 9.18. The number of benzene rings is 1. The van der Waals surface area contributed by atoms with Crippen LogP contribution in [-0.4, -0.2) is 61.4 Å². The van der Waals surface area contributed by atoms with Gasteiger partial charge in [-0.25, -0.2) is 0 Å². The van der Waals surface area contributed by atoms with Gasteiger partial charge in [0.1, 0.15) is 0 Å². The van der Waals surface area contributed by atoms with Gasteiger partial charge in [-0.1, -0.05) is 12.1 Å². The lowest BCUT2D eigenvalue weighted by Crippen LogP contribution is -2.41. The van der Waals surface area contributed by atoms with Gasteiger partial charge < -0.3 is 15.5 Å². The van der Waals surface area contributed by atoms with Crippen molar-refractivity contribution in [3.8, 4) is 0 Å². The monoisotopic (exact) mass is 371 g/mol. The van der Waals surface area contributed by atoms with E-state index < -0.39 is 0 Å². The molecule has 7 heteroatoms. The number of hydrogen-bond donors (Lipinski definition) is 2. The van der Waals surface area contributed by atoms with E-state index >= 15 is 0 Å². The molecule has 2 amide bonds. The maximum Gasteiger partial charge on any atom is 0.253 e. The second-order valence-electron chi connectivity index (χ2n) is 5.93. The maximum absolute atomic E-state index is 11.9. The summed E-state index contributed by atoms with van der Waals surface area (Å²) in [5.74, 6) is 2.21. The number of thioether (sulfide) groups is 1. The summed E-state index contributed by atoms with van der Waals surface area (Å²) in [4.78, 5) is 25.5. The molecule has 2 rings (SSSR count). The second kappa shape index (κ2) is 10.6. The van der Waals surface area contributed by atoms with Crippen LogP contribution in [0.3, 0.4) is 0 Å². The van der Waals surface area contributed by atoms with E-state index in [1.54, 1.807) is 19.0 Å². The molecule has 1 aromatic carbocycles. The molecule has 1 aromatic rings. The summed E-state index contributed by atoms with van der Waals surface area (Å²) in [5, 5.41) is 6.33. The van der Waals surface area contributed by atoms with Gasteiger partial charge in [0.15, 0.2) is 0 Å². The average Bonchev–Trinajstić information content (AvgIpc) is 2.55. The van der Waals surface area contributed by atoms with Crippen molar-refractivity contribution in [1.29, 1.82) is 0 Å². The van der Waals surface area contributed by atoms with E-state index in [1.807, 2.05) is 36.0 Å². The van der Waals surface area contributed by atoms with Crippen LogP contribution in [-0.2, 0) is 11.2 Å². The first-order valence-corrected chi connectivity index (χ1v) is 9.10. The molecule has 134 valence electrons. The van der Waals surface area contributed by atoms with Crippen LogP contribution in [0.4, 0.5) is 0 Å². The summed E-state index contributed by atoms with van der Waals surface area (Å²) in [6.45, 7) is 1.58. The van der Waals surface area contributed by atoms with E-state index in [0.717, 1.165) is 30.0 Å². The first kappa shape index (κ1) is 20.8. The fourth-order valence-electron chi connectivity index (χ4n) is 2.51. The molecule has 5 nitrogen and oxygen atoms in total. The zero-order chi connectivity index (χ0) is 16.7. The number of rotatable bonds is 6. The highest BCUT2D eigenvalue weighted by Gasteiger charge is 2.16. The number of nitrogens with zero attached hydrogens (tertiary/aromatic N) is 1. The normalized spacial score (nSPS) is 16.8.